The number of pyridine rings is 1. The van der Waals surface area contributed by atoms with Crippen LogP contribution in [0.4, 0.5) is 0 Å². The number of nitrogens with zero attached hydrogens (tertiary/aromatic N) is 1. The summed E-state index contributed by atoms with van der Waals surface area (Å²) >= 11 is 5.71. The molecule has 0 N–H and O–H groups in total. The summed E-state index contributed by atoms with van der Waals surface area (Å²) < 4.78 is 15.6. The lowest BCUT2D eigenvalue weighted by atomic mass is 10.4. The van der Waals surface area contributed by atoms with Crippen molar-refractivity contribution in [3.63, 3.8) is 0 Å². The third-order valence-electron chi connectivity index (χ3n) is 1.83. The molecule has 0 aliphatic rings. The molecule has 0 fully saturated rings. The molecule has 0 aromatic carbocycles. The third-order valence-corrected chi connectivity index (χ3v) is 2.04. The van der Waals surface area contributed by atoms with E-state index in [0.717, 1.165) is 12.2 Å². The minimum absolute atomic E-state index is 0.439. The van der Waals surface area contributed by atoms with E-state index in [1.54, 1.807) is 25.4 Å². The molecule has 0 amide bonds. The van der Waals surface area contributed by atoms with E-state index in [0.29, 0.717) is 31.6 Å². The van der Waals surface area contributed by atoms with Crippen LogP contribution in [0.1, 0.15) is 6.42 Å². The van der Waals surface area contributed by atoms with Crippen molar-refractivity contribution < 1.29 is 14.2 Å². The topological polar surface area (TPSA) is 40.6 Å². The fraction of sp³-hybridized carbons (Fsp3) is 0.545. The van der Waals surface area contributed by atoms with Crippen LogP contribution in [-0.4, -0.2) is 38.5 Å². The average Bonchev–Trinajstić information content (AvgIpc) is 2.28. The zero-order chi connectivity index (χ0) is 11.6. The Labute approximate surface area is 100 Å². The molecule has 1 aromatic heterocycles. The normalized spacial score (nSPS) is 10.4. The maximum absolute atomic E-state index is 5.71. The highest BCUT2D eigenvalue weighted by Crippen LogP contribution is 2.14. The van der Waals surface area contributed by atoms with Crippen LogP contribution in [0.15, 0.2) is 18.3 Å². The molecule has 0 bridgehead atoms. The average molecular weight is 246 g/mol. The number of hydrogen-bond acceptors (Lipinski definition) is 4. The van der Waals surface area contributed by atoms with Gasteiger partial charge in [-0.3, -0.25) is 0 Å². The molecule has 0 aliphatic carbocycles. The number of halogens is 1. The summed E-state index contributed by atoms with van der Waals surface area (Å²) in [6.45, 7) is 2.52. The first-order chi connectivity index (χ1) is 7.83. The lowest BCUT2D eigenvalue weighted by molar-refractivity contribution is 0.0644. The molecule has 16 heavy (non-hydrogen) atoms. The number of aromatic nitrogens is 1. The number of rotatable bonds is 8. The van der Waals surface area contributed by atoms with E-state index in [2.05, 4.69) is 4.98 Å². The molecular formula is C11H16ClNO3. The molecule has 0 radical (unpaired) electrons. The predicted molar refractivity (Wildman–Crippen MR) is 62.1 cm³/mol. The van der Waals surface area contributed by atoms with Gasteiger partial charge in [-0.15, -0.1) is 0 Å². The second-order valence-electron chi connectivity index (χ2n) is 3.12. The Morgan fingerprint density at radius 2 is 2.12 bits per heavy atom. The van der Waals surface area contributed by atoms with Gasteiger partial charge in [-0.25, -0.2) is 4.98 Å². The monoisotopic (exact) mass is 245 g/mol. The van der Waals surface area contributed by atoms with Crippen molar-refractivity contribution in [1.29, 1.82) is 0 Å². The molecule has 0 atom stereocenters. The first-order valence-electron chi connectivity index (χ1n) is 5.14. The van der Waals surface area contributed by atoms with Crippen LogP contribution < -0.4 is 4.74 Å². The number of hydrogen-bond donors (Lipinski definition) is 0. The smallest absolute Gasteiger partial charge is 0.132 e. The van der Waals surface area contributed by atoms with Crippen LogP contribution in [-0.2, 0) is 9.47 Å². The Hall–Kier alpha value is -0.840. The molecule has 4 nitrogen and oxygen atoms in total. The van der Waals surface area contributed by atoms with Gasteiger partial charge in [0.05, 0.1) is 19.8 Å². The molecule has 5 heteroatoms. The van der Waals surface area contributed by atoms with Gasteiger partial charge in [0.15, 0.2) is 0 Å². The highest BCUT2D eigenvalue weighted by atomic mass is 35.5. The van der Waals surface area contributed by atoms with Crippen molar-refractivity contribution >= 4 is 11.6 Å². The maximum atomic E-state index is 5.71. The van der Waals surface area contributed by atoms with Crippen LogP contribution in [0, 0.1) is 0 Å². The third kappa shape index (κ3) is 5.90. The summed E-state index contributed by atoms with van der Waals surface area (Å²) in [4.78, 5) is 3.86. The first kappa shape index (κ1) is 13.2. The van der Waals surface area contributed by atoms with Crippen molar-refractivity contribution in [3.8, 4) is 5.75 Å². The maximum Gasteiger partial charge on any atom is 0.132 e. The fourth-order valence-corrected chi connectivity index (χ4v) is 1.23. The van der Waals surface area contributed by atoms with E-state index in [4.69, 9.17) is 25.8 Å². The van der Waals surface area contributed by atoms with E-state index >= 15 is 0 Å². The van der Waals surface area contributed by atoms with Crippen molar-refractivity contribution in [1.82, 2.24) is 4.98 Å². The second-order valence-corrected chi connectivity index (χ2v) is 3.51. The molecule has 0 unspecified atom stereocenters. The highest BCUT2D eigenvalue weighted by molar-refractivity contribution is 6.29. The first-order valence-corrected chi connectivity index (χ1v) is 5.52. The number of ether oxygens (including phenoxy) is 3. The van der Waals surface area contributed by atoms with Gasteiger partial charge in [0.25, 0.3) is 0 Å². The van der Waals surface area contributed by atoms with Crippen LogP contribution in [0.3, 0.4) is 0 Å². The second kappa shape index (κ2) is 8.33. The fourth-order valence-electron chi connectivity index (χ4n) is 1.07. The molecule has 1 aromatic rings. The molecule has 0 spiro atoms. The molecular weight excluding hydrogens is 230 g/mol. The molecule has 90 valence electrons. The minimum atomic E-state index is 0.439. The summed E-state index contributed by atoms with van der Waals surface area (Å²) in [6, 6.07) is 3.46. The van der Waals surface area contributed by atoms with E-state index in [-0.39, 0.29) is 0 Å². The Bertz CT molecular complexity index is 296. The molecule has 0 aliphatic heterocycles. The van der Waals surface area contributed by atoms with Crippen molar-refractivity contribution in [2.24, 2.45) is 0 Å². The van der Waals surface area contributed by atoms with E-state index in [1.807, 2.05) is 0 Å². The summed E-state index contributed by atoms with van der Waals surface area (Å²) in [5, 5.41) is 0.439. The molecule has 1 rings (SSSR count). The summed E-state index contributed by atoms with van der Waals surface area (Å²) in [6.07, 6.45) is 2.45. The van der Waals surface area contributed by atoms with Gasteiger partial charge >= 0.3 is 0 Å². The van der Waals surface area contributed by atoms with Gasteiger partial charge in [-0.2, -0.15) is 0 Å². The standard InChI is InChI=1S/C11H16ClNO3/c1-14-7-8-15-5-2-6-16-10-3-4-13-11(12)9-10/h3-4,9H,2,5-8H2,1H3. The Morgan fingerprint density at radius 3 is 2.88 bits per heavy atom. The lowest BCUT2D eigenvalue weighted by Gasteiger charge is -2.06. The van der Waals surface area contributed by atoms with E-state index in [9.17, 15) is 0 Å². The largest absolute Gasteiger partial charge is 0.493 e. The van der Waals surface area contributed by atoms with Gasteiger partial charge in [0, 0.05) is 32.4 Å². The van der Waals surface area contributed by atoms with Gasteiger partial charge in [-0.1, -0.05) is 11.6 Å². The van der Waals surface area contributed by atoms with Crippen LogP contribution >= 0.6 is 11.6 Å². The van der Waals surface area contributed by atoms with Crippen LogP contribution in [0.5, 0.6) is 5.75 Å². The lowest BCUT2D eigenvalue weighted by Crippen LogP contribution is -2.06. The quantitative estimate of drug-likeness (QED) is 0.520. The van der Waals surface area contributed by atoms with E-state index < -0.39 is 0 Å². The van der Waals surface area contributed by atoms with Gasteiger partial charge in [0.1, 0.15) is 10.9 Å². The SMILES string of the molecule is COCCOCCCOc1ccnc(Cl)c1. The summed E-state index contributed by atoms with van der Waals surface area (Å²) in [5.41, 5.74) is 0. The minimum Gasteiger partial charge on any atom is -0.493 e. The van der Waals surface area contributed by atoms with Gasteiger partial charge in [-0.05, 0) is 6.07 Å². The molecule has 1 heterocycles. The van der Waals surface area contributed by atoms with Gasteiger partial charge in [0.2, 0.25) is 0 Å². The zero-order valence-electron chi connectivity index (χ0n) is 9.32. The highest BCUT2D eigenvalue weighted by Gasteiger charge is 1.95. The Balaban J connectivity index is 2.03. The molecule has 0 saturated heterocycles. The summed E-state index contributed by atoms with van der Waals surface area (Å²) in [7, 11) is 1.65. The Kier molecular flexibility index (Phi) is 6.88. The van der Waals surface area contributed by atoms with Gasteiger partial charge < -0.3 is 14.2 Å². The number of methoxy groups -OCH3 is 1. The Morgan fingerprint density at radius 1 is 1.25 bits per heavy atom. The summed E-state index contributed by atoms with van der Waals surface area (Å²) in [5.74, 6) is 0.733. The van der Waals surface area contributed by atoms with Crippen molar-refractivity contribution in [3.05, 3.63) is 23.5 Å². The zero-order valence-corrected chi connectivity index (χ0v) is 10.1. The predicted octanol–water partition coefficient (Wildman–Crippen LogP) is 2.17. The molecule has 0 saturated carbocycles. The van der Waals surface area contributed by atoms with Crippen molar-refractivity contribution in [2.45, 2.75) is 6.42 Å². The van der Waals surface area contributed by atoms with Crippen molar-refractivity contribution in [2.75, 3.05) is 33.5 Å². The van der Waals surface area contributed by atoms with Crippen LogP contribution in [0.2, 0.25) is 5.15 Å². The van der Waals surface area contributed by atoms with Crippen LogP contribution in [0.25, 0.3) is 0 Å². The van der Waals surface area contributed by atoms with E-state index in [1.165, 1.54) is 0 Å².